The smallest absolute Gasteiger partial charge is 0.359 e. The fourth-order valence-corrected chi connectivity index (χ4v) is 4.87. The lowest BCUT2D eigenvalue weighted by atomic mass is 9.90. The Hall–Kier alpha value is -3.36. The minimum absolute atomic E-state index is 0.0506. The topological polar surface area (TPSA) is 103 Å². The third-order valence-corrected chi connectivity index (χ3v) is 6.77. The number of esters is 1. The molecule has 0 spiro atoms. The number of ether oxygens (including phenoxy) is 2. The van der Waals surface area contributed by atoms with Gasteiger partial charge in [-0.1, -0.05) is 37.5 Å². The summed E-state index contributed by atoms with van der Waals surface area (Å²) in [6.07, 6.45) is 6.65. The van der Waals surface area contributed by atoms with Crippen LogP contribution in [0.2, 0.25) is 0 Å². The highest BCUT2D eigenvalue weighted by atomic mass is 16.5. The first kappa shape index (κ1) is 23.8. The molecule has 0 saturated heterocycles. The molecule has 2 aliphatic rings. The van der Waals surface area contributed by atoms with E-state index < -0.39 is 17.4 Å². The Kier molecular flexibility index (Phi) is 6.90. The van der Waals surface area contributed by atoms with Gasteiger partial charge < -0.3 is 24.3 Å². The first-order valence-electron chi connectivity index (χ1n) is 11.9. The number of hydrogen-bond donors (Lipinski definition) is 1. The van der Waals surface area contributed by atoms with Crippen molar-refractivity contribution in [2.24, 2.45) is 0 Å². The highest BCUT2D eigenvalue weighted by Gasteiger charge is 2.49. The van der Waals surface area contributed by atoms with Crippen LogP contribution in [0.25, 0.3) is 0 Å². The highest BCUT2D eigenvalue weighted by molar-refractivity contribution is 6.06. The number of hydrogen-bond acceptors (Lipinski definition) is 6. The second-order valence-corrected chi connectivity index (χ2v) is 9.08. The van der Waals surface area contributed by atoms with Crippen LogP contribution < -0.4 is 10.1 Å². The van der Waals surface area contributed by atoms with Crippen molar-refractivity contribution in [3.8, 4) is 5.75 Å². The number of amides is 2. The fraction of sp³-hybridized carbons (Fsp3) is 0.520. The molecule has 0 radical (unpaired) electrons. The van der Waals surface area contributed by atoms with E-state index in [2.05, 4.69) is 10.3 Å². The molecule has 1 aromatic carbocycles. The Morgan fingerprint density at radius 2 is 1.94 bits per heavy atom. The molecule has 1 N–H and O–H groups in total. The molecular weight excluding hydrogens is 436 g/mol. The average molecular weight is 469 g/mol. The lowest BCUT2D eigenvalue weighted by molar-refractivity contribution is -0.134. The van der Waals surface area contributed by atoms with E-state index in [-0.39, 0.29) is 36.4 Å². The molecule has 1 atom stereocenters. The second-order valence-electron chi connectivity index (χ2n) is 9.08. The number of imidazole rings is 1. The summed E-state index contributed by atoms with van der Waals surface area (Å²) in [7, 11) is 1.25. The first-order chi connectivity index (χ1) is 16.4. The summed E-state index contributed by atoms with van der Waals surface area (Å²) >= 11 is 0. The summed E-state index contributed by atoms with van der Waals surface area (Å²) in [5.41, 5.74) is -0.328. The summed E-state index contributed by atoms with van der Waals surface area (Å²) in [4.78, 5) is 45.5. The number of methoxy groups -OCH3 is 1. The van der Waals surface area contributed by atoms with Gasteiger partial charge >= 0.3 is 5.97 Å². The Bertz CT molecular complexity index is 1080. The van der Waals surface area contributed by atoms with Gasteiger partial charge in [-0.05, 0) is 32.8 Å². The number of fused-ring (bicyclic) bond motifs is 1. The quantitative estimate of drug-likeness (QED) is 0.627. The summed E-state index contributed by atoms with van der Waals surface area (Å²) in [5, 5.41) is 3.19. The van der Waals surface area contributed by atoms with Crippen LogP contribution in [0.3, 0.4) is 0 Å². The predicted octanol–water partition coefficient (Wildman–Crippen LogP) is 2.93. The van der Waals surface area contributed by atoms with E-state index in [0.717, 1.165) is 31.2 Å². The minimum Gasteiger partial charge on any atom is -0.494 e. The monoisotopic (exact) mass is 468 g/mol. The highest BCUT2D eigenvalue weighted by Crippen LogP contribution is 2.33. The van der Waals surface area contributed by atoms with Gasteiger partial charge in [0.2, 0.25) is 5.91 Å². The molecule has 2 amide bonds. The van der Waals surface area contributed by atoms with Gasteiger partial charge in [0.1, 0.15) is 17.0 Å². The zero-order chi connectivity index (χ0) is 24.3. The van der Waals surface area contributed by atoms with Crippen molar-refractivity contribution in [1.29, 1.82) is 0 Å². The average Bonchev–Trinajstić information content (AvgIpc) is 3.26. The van der Waals surface area contributed by atoms with Crippen LogP contribution in [-0.2, 0) is 22.6 Å². The van der Waals surface area contributed by atoms with Crippen molar-refractivity contribution in [2.45, 2.75) is 70.6 Å². The van der Waals surface area contributed by atoms with Crippen molar-refractivity contribution in [3.63, 3.8) is 0 Å². The van der Waals surface area contributed by atoms with E-state index in [4.69, 9.17) is 9.47 Å². The number of rotatable bonds is 7. The zero-order valence-corrected chi connectivity index (χ0v) is 20.0. The standard InChI is InChI=1S/C25H32N4O5/c1-4-34-19-13-9-8-10-17(19)14-29-22(30)21-20(23(31)33-3)26-16-28(21)15-25(29,2)24(32)27-18-11-6-5-7-12-18/h8-10,13,16,18H,4-7,11-12,14-15H2,1-3H3,(H,27,32)/t25-/m0/s1. The molecule has 4 rings (SSSR count). The van der Waals surface area contributed by atoms with E-state index in [1.165, 1.54) is 24.8 Å². The lowest BCUT2D eigenvalue weighted by Gasteiger charge is -2.44. The molecule has 9 nitrogen and oxygen atoms in total. The third-order valence-electron chi connectivity index (χ3n) is 6.77. The molecule has 1 aliphatic carbocycles. The minimum atomic E-state index is -1.19. The molecule has 1 aliphatic heterocycles. The van der Waals surface area contributed by atoms with Gasteiger partial charge in [0, 0.05) is 11.6 Å². The molecule has 0 unspecified atom stereocenters. The molecule has 1 fully saturated rings. The van der Waals surface area contributed by atoms with Gasteiger partial charge in [-0.2, -0.15) is 0 Å². The molecule has 9 heteroatoms. The van der Waals surface area contributed by atoms with Crippen LogP contribution in [-0.4, -0.2) is 57.5 Å². The summed E-state index contributed by atoms with van der Waals surface area (Å²) < 4.78 is 12.2. The van der Waals surface area contributed by atoms with Crippen LogP contribution in [0.1, 0.15) is 72.5 Å². The molecule has 34 heavy (non-hydrogen) atoms. The van der Waals surface area contributed by atoms with Crippen LogP contribution in [0, 0.1) is 0 Å². The van der Waals surface area contributed by atoms with Gasteiger partial charge in [0.15, 0.2) is 5.69 Å². The molecule has 1 aromatic heterocycles. The van der Waals surface area contributed by atoms with Crippen LogP contribution in [0.5, 0.6) is 5.75 Å². The fourth-order valence-electron chi connectivity index (χ4n) is 4.87. The number of nitrogens with one attached hydrogen (secondary N) is 1. The second kappa shape index (κ2) is 9.87. The summed E-state index contributed by atoms with van der Waals surface area (Å²) in [6, 6.07) is 7.56. The Morgan fingerprint density at radius 3 is 2.65 bits per heavy atom. The van der Waals surface area contributed by atoms with Crippen LogP contribution in [0.4, 0.5) is 0 Å². The van der Waals surface area contributed by atoms with Gasteiger partial charge in [-0.3, -0.25) is 9.59 Å². The maximum absolute atomic E-state index is 13.8. The maximum Gasteiger partial charge on any atom is 0.359 e. The number of carbonyl (C=O) groups is 3. The number of benzene rings is 1. The van der Waals surface area contributed by atoms with Crippen molar-refractivity contribution in [3.05, 3.63) is 47.5 Å². The predicted molar refractivity (Wildman–Crippen MR) is 124 cm³/mol. The van der Waals surface area contributed by atoms with E-state index in [0.29, 0.717) is 12.4 Å². The molecule has 2 aromatic rings. The van der Waals surface area contributed by atoms with E-state index in [1.54, 1.807) is 11.5 Å². The molecular formula is C25H32N4O5. The third kappa shape index (κ3) is 4.38. The number of aromatic nitrogens is 2. The Morgan fingerprint density at radius 1 is 1.21 bits per heavy atom. The van der Waals surface area contributed by atoms with E-state index in [1.807, 2.05) is 31.2 Å². The number of carbonyl (C=O) groups excluding carboxylic acids is 3. The number of para-hydroxylation sites is 1. The normalized spacial score (nSPS) is 20.6. The van der Waals surface area contributed by atoms with E-state index in [9.17, 15) is 14.4 Å². The van der Waals surface area contributed by atoms with Crippen molar-refractivity contribution in [1.82, 2.24) is 19.8 Å². The van der Waals surface area contributed by atoms with Crippen LogP contribution >= 0.6 is 0 Å². The zero-order valence-electron chi connectivity index (χ0n) is 20.0. The summed E-state index contributed by atoms with van der Waals surface area (Å²) in [5.74, 6) is -0.690. The molecule has 1 saturated carbocycles. The van der Waals surface area contributed by atoms with Crippen LogP contribution in [0.15, 0.2) is 30.6 Å². The Balaban J connectivity index is 1.73. The molecule has 2 heterocycles. The van der Waals surface area contributed by atoms with Crippen molar-refractivity contribution >= 4 is 17.8 Å². The maximum atomic E-state index is 13.8. The lowest BCUT2D eigenvalue weighted by Crippen LogP contribution is -2.64. The first-order valence-corrected chi connectivity index (χ1v) is 11.9. The van der Waals surface area contributed by atoms with Crippen molar-refractivity contribution < 1.29 is 23.9 Å². The summed E-state index contributed by atoms with van der Waals surface area (Å²) in [6.45, 7) is 4.46. The largest absolute Gasteiger partial charge is 0.494 e. The van der Waals surface area contributed by atoms with Gasteiger partial charge in [-0.25, -0.2) is 9.78 Å². The SMILES string of the molecule is CCOc1ccccc1CN1C(=O)c2c(C(=O)OC)ncn2C[C@@]1(C)C(=O)NC1CCCCC1. The van der Waals surface area contributed by atoms with Gasteiger partial charge in [0.25, 0.3) is 5.91 Å². The van der Waals surface area contributed by atoms with E-state index >= 15 is 0 Å². The van der Waals surface area contributed by atoms with Gasteiger partial charge in [0.05, 0.1) is 33.1 Å². The molecule has 182 valence electrons. The van der Waals surface area contributed by atoms with Gasteiger partial charge in [-0.15, -0.1) is 0 Å². The molecule has 0 bridgehead atoms. The Labute approximate surface area is 199 Å². The van der Waals surface area contributed by atoms with Crippen molar-refractivity contribution in [2.75, 3.05) is 13.7 Å². The number of nitrogens with zero attached hydrogens (tertiary/aromatic N) is 3.